The molecule has 0 bridgehead atoms. The van der Waals surface area contributed by atoms with Crippen LogP contribution in [0.25, 0.3) is 5.69 Å². The summed E-state index contributed by atoms with van der Waals surface area (Å²) < 4.78 is 7.03. The maximum absolute atomic E-state index is 12.7. The number of rotatable bonds is 4. The number of carbonyl (C=O) groups is 2. The number of aliphatic carboxylic acids is 1. The van der Waals surface area contributed by atoms with Crippen molar-refractivity contribution >= 4 is 11.9 Å². The van der Waals surface area contributed by atoms with E-state index >= 15 is 0 Å². The largest absolute Gasteiger partial charge is 0.481 e. The average Bonchev–Trinajstić information content (AvgIpc) is 3.08. The van der Waals surface area contributed by atoms with Gasteiger partial charge in [0.25, 0.3) is 5.91 Å². The van der Waals surface area contributed by atoms with E-state index in [1.165, 1.54) is 6.33 Å². The van der Waals surface area contributed by atoms with Crippen LogP contribution in [-0.2, 0) is 9.53 Å². The van der Waals surface area contributed by atoms with E-state index in [1.807, 2.05) is 19.1 Å². The van der Waals surface area contributed by atoms with Crippen molar-refractivity contribution in [2.75, 3.05) is 19.7 Å². The van der Waals surface area contributed by atoms with Gasteiger partial charge in [-0.05, 0) is 30.7 Å². The molecule has 24 heavy (non-hydrogen) atoms. The molecular weight excluding hydrogens is 312 g/mol. The molecule has 126 valence electrons. The van der Waals surface area contributed by atoms with Gasteiger partial charge in [0.05, 0.1) is 24.8 Å². The summed E-state index contributed by atoms with van der Waals surface area (Å²) in [6.07, 6.45) is 2.47. The van der Waals surface area contributed by atoms with Crippen LogP contribution < -0.4 is 0 Å². The quantitative estimate of drug-likeness (QED) is 0.894. The molecule has 0 aliphatic carbocycles. The lowest BCUT2D eigenvalue weighted by Gasteiger charge is -2.32. The van der Waals surface area contributed by atoms with Gasteiger partial charge in [0.15, 0.2) is 0 Å². The molecule has 0 saturated carbocycles. The number of hydrogen-bond donors (Lipinski definition) is 1. The first-order valence-corrected chi connectivity index (χ1v) is 7.63. The molecule has 2 aromatic rings. The highest BCUT2D eigenvalue weighted by Gasteiger charge is 2.27. The zero-order valence-corrected chi connectivity index (χ0v) is 13.3. The van der Waals surface area contributed by atoms with Gasteiger partial charge in [0, 0.05) is 18.7 Å². The molecule has 1 aliphatic rings. The molecule has 8 heteroatoms. The van der Waals surface area contributed by atoms with Gasteiger partial charge in [-0.15, -0.1) is 0 Å². The van der Waals surface area contributed by atoms with E-state index in [2.05, 4.69) is 10.1 Å². The Morgan fingerprint density at radius 2 is 2.25 bits per heavy atom. The number of nitrogens with zero attached hydrogens (tertiary/aromatic N) is 4. The van der Waals surface area contributed by atoms with E-state index in [-0.39, 0.29) is 18.9 Å². The number of benzene rings is 1. The number of carboxylic acid groups (broad SMARTS) is 1. The zero-order chi connectivity index (χ0) is 17.1. The monoisotopic (exact) mass is 330 g/mol. The maximum Gasteiger partial charge on any atom is 0.306 e. The van der Waals surface area contributed by atoms with Crippen LogP contribution >= 0.6 is 0 Å². The summed E-state index contributed by atoms with van der Waals surface area (Å²) in [7, 11) is 0. The number of carbonyl (C=O) groups excluding carboxylic acids is 1. The van der Waals surface area contributed by atoms with Gasteiger partial charge in [0.2, 0.25) is 0 Å². The molecule has 1 atom stereocenters. The fourth-order valence-corrected chi connectivity index (χ4v) is 2.76. The van der Waals surface area contributed by atoms with Crippen molar-refractivity contribution in [2.24, 2.45) is 0 Å². The number of hydrogen-bond acceptors (Lipinski definition) is 5. The van der Waals surface area contributed by atoms with E-state index in [0.29, 0.717) is 18.7 Å². The van der Waals surface area contributed by atoms with Crippen LogP contribution in [0.1, 0.15) is 22.3 Å². The second-order valence-corrected chi connectivity index (χ2v) is 5.68. The van der Waals surface area contributed by atoms with Gasteiger partial charge in [-0.25, -0.2) is 9.67 Å². The molecule has 2 heterocycles. The van der Waals surface area contributed by atoms with Crippen LogP contribution in [0.5, 0.6) is 0 Å². The van der Waals surface area contributed by atoms with Crippen molar-refractivity contribution in [3.05, 3.63) is 42.0 Å². The van der Waals surface area contributed by atoms with E-state index in [0.717, 1.165) is 11.3 Å². The predicted molar refractivity (Wildman–Crippen MR) is 84.0 cm³/mol. The molecule has 1 aliphatic heterocycles. The first-order valence-electron chi connectivity index (χ1n) is 7.63. The molecule has 0 spiro atoms. The molecule has 1 saturated heterocycles. The summed E-state index contributed by atoms with van der Waals surface area (Å²) in [6, 6.07) is 5.44. The van der Waals surface area contributed by atoms with Crippen molar-refractivity contribution in [1.29, 1.82) is 0 Å². The number of amides is 1. The number of aryl methyl sites for hydroxylation is 1. The molecular formula is C16H18N4O4. The third-order valence-electron chi connectivity index (χ3n) is 3.95. The van der Waals surface area contributed by atoms with Crippen LogP contribution in [0.3, 0.4) is 0 Å². The minimum Gasteiger partial charge on any atom is -0.481 e. The van der Waals surface area contributed by atoms with E-state index in [1.54, 1.807) is 22.0 Å². The van der Waals surface area contributed by atoms with Crippen molar-refractivity contribution in [3.63, 3.8) is 0 Å². The Morgan fingerprint density at radius 1 is 1.42 bits per heavy atom. The van der Waals surface area contributed by atoms with Crippen molar-refractivity contribution in [2.45, 2.75) is 19.4 Å². The van der Waals surface area contributed by atoms with E-state index < -0.39 is 12.1 Å². The average molecular weight is 330 g/mol. The fraction of sp³-hybridized carbons (Fsp3) is 0.375. The summed E-state index contributed by atoms with van der Waals surface area (Å²) in [5, 5.41) is 12.9. The molecule has 0 radical (unpaired) electrons. The van der Waals surface area contributed by atoms with Crippen LogP contribution in [-0.4, -0.2) is 62.4 Å². The van der Waals surface area contributed by atoms with Crippen LogP contribution in [0, 0.1) is 6.92 Å². The number of carboxylic acids is 1. The Morgan fingerprint density at radius 3 is 2.92 bits per heavy atom. The van der Waals surface area contributed by atoms with E-state index in [9.17, 15) is 9.59 Å². The standard InChI is InChI=1S/C16H18N4O4/c1-11-6-12(20-10-17-9-18-20)2-3-14(11)16(23)19-4-5-24-13(8-19)7-15(21)22/h2-3,6,9-10,13H,4-5,7-8H2,1H3,(H,21,22)/t13-/m1/s1. The second-order valence-electron chi connectivity index (χ2n) is 5.68. The molecule has 8 nitrogen and oxygen atoms in total. The lowest BCUT2D eigenvalue weighted by atomic mass is 10.1. The lowest BCUT2D eigenvalue weighted by Crippen LogP contribution is -2.46. The Kier molecular flexibility index (Phi) is 4.57. The second kappa shape index (κ2) is 6.79. The van der Waals surface area contributed by atoms with Crippen LogP contribution in [0.4, 0.5) is 0 Å². The molecule has 1 aromatic heterocycles. The molecule has 3 rings (SSSR count). The van der Waals surface area contributed by atoms with Crippen LogP contribution in [0.2, 0.25) is 0 Å². The highest BCUT2D eigenvalue weighted by Crippen LogP contribution is 2.18. The van der Waals surface area contributed by atoms with Crippen molar-refractivity contribution < 1.29 is 19.4 Å². The summed E-state index contributed by atoms with van der Waals surface area (Å²) in [6.45, 7) is 2.96. The third-order valence-corrected chi connectivity index (χ3v) is 3.95. The summed E-state index contributed by atoms with van der Waals surface area (Å²) in [5.74, 6) is -1.04. The molecule has 1 aromatic carbocycles. The number of morpholine rings is 1. The Labute approximate surface area is 138 Å². The third kappa shape index (κ3) is 3.43. The lowest BCUT2D eigenvalue weighted by molar-refractivity contribution is -0.141. The van der Waals surface area contributed by atoms with Gasteiger partial charge in [-0.1, -0.05) is 0 Å². The molecule has 1 fully saturated rings. The zero-order valence-electron chi connectivity index (χ0n) is 13.3. The normalized spacial score (nSPS) is 17.7. The fourth-order valence-electron chi connectivity index (χ4n) is 2.76. The topological polar surface area (TPSA) is 97.5 Å². The molecule has 1 N–H and O–H groups in total. The summed E-state index contributed by atoms with van der Waals surface area (Å²) in [4.78, 5) is 29.1. The minimum absolute atomic E-state index is 0.103. The summed E-state index contributed by atoms with van der Waals surface area (Å²) >= 11 is 0. The van der Waals surface area contributed by atoms with Gasteiger partial charge in [0.1, 0.15) is 12.7 Å². The van der Waals surface area contributed by atoms with Crippen LogP contribution in [0.15, 0.2) is 30.9 Å². The van der Waals surface area contributed by atoms with Gasteiger partial charge in [-0.3, -0.25) is 9.59 Å². The first-order chi connectivity index (χ1) is 11.5. The number of ether oxygens (including phenoxy) is 1. The Bertz CT molecular complexity index is 745. The maximum atomic E-state index is 12.7. The van der Waals surface area contributed by atoms with Crippen molar-refractivity contribution in [1.82, 2.24) is 19.7 Å². The number of aromatic nitrogens is 3. The highest BCUT2D eigenvalue weighted by molar-refractivity contribution is 5.96. The minimum atomic E-state index is -0.928. The molecule has 0 unspecified atom stereocenters. The molecule has 1 amide bonds. The first kappa shape index (κ1) is 16.1. The SMILES string of the molecule is Cc1cc(-n2cncn2)ccc1C(=O)N1CCO[C@H](CC(=O)O)C1. The Hall–Kier alpha value is -2.74. The highest BCUT2D eigenvalue weighted by atomic mass is 16.5. The smallest absolute Gasteiger partial charge is 0.306 e. The van der Waals surface area contributed by atoms with E-state index in [4.69, 9.17) is 9.84 Å². The predicted octanol–water partition coefficient (Wildman–Crippen LogP) is 0.891. The van der Waals surface area contributed by atoms with Gasteiger partial charge < -0.3 is 14.7 Å². The van der Waals surface area contributed by atoms with Crippen molar-refractivity contribution in [3.8, 4) is 5.69 Å². The van der Waals surface area contributed by atoms with Gasteiger partial charge >= 0.3 is 5.97 Å². The Balaban J connectivity index is 1.76. The summed E-state index contributed by atoms with van der Waals surface area (Å²) in [5.41, 5.74) is 2.25. The van der Waals surface area contributed by atoms with Gasteiger partial charge in [-0.2, -0.15) is 5.10 Å².